The predicted octanol–water partition coefficient (Wildman–Crippen LogP) is 9.86. The predicted molar refractivity (Wildman–Crippen MR) is 155 cm³/mol. The fraction of sp³-hybridized carbons (Fsp3) is 0.781. The molecule has 1 amide bonds. The summed E-state index contributed by atoms with van der Waals surface area (Å²) in [5.41, 5.74) is 0.829. The van der Waals surface area contributed by atoms with Crippen molar-refractivity contribution in [2.24, 2.45) is 0 Å². The molecular formula is C32H57NO3. The van der Waals surface area contributed by atoms with Crippen LogP contribution in [0.5, 0.6) is 5.75 Å². The number of carbonyl (C=O) groups excluding carboxylic acids is 1. The summed E-state index contributed by atoms with van der Waals surface area (Å²) in [7, 11) is 0. The minimum atomic E-state index is 0.104. The number of hydrogen-bond acceptors (Lipinski definition) is 3. The molecule has 0 bridgehead atoms. The second-order valence-corrected chi connectivity index (χ2v) is 10.2. The molecule has 0 aliphatic rings. The molecular weight excluding hydrogens is 446 g/mol. The Balaban J connectivity index is 1.83. The van der Waals surface area contributed by atoms with Crippen molar-refractivity contribution in [3.05, 3.63) is 24.3 Å². The van der Waals surface area contributed by atoms with Crippen molar-refractivity contribution in [1.82, 2.24) is 0 Å². The number of unbranched alkanes of at least 4 members (excludes halogenated alkanes) is 18. The summed E-state index contributed by atoms with van der Waals surface area (Å²) >= 11 is 0. The Bertz CT molecular complexity index is 602. The van der Waals surface area contributed by atoms with E-state index < -0.39 is 0 Å². The van der Waals surface area contributed by atoms with Crippen LogP contribution in [0.25, 0.3) is 0 Å². The molecule has 208 valence electrons. The lowest BCUT2D eigenvalue weighted by Gasteiger charge is -2.08. The van der Waals surface area contributed by atoms with Crippen molar-refractivity contribution in [3.8, 4) is 5.75 Å². The molecule has 0 fully saturated rings. The Hall–Kier alpha value is -1.55. The summed E-state index contributed by atoms with van der Waals surface area (Å²) in [6.45, 7) is 6.09. The van der Waals surface area contributed by atoms with E-state index in [1.165, 1.54) is 109 Å². The fourth-order valence-corrected chi connectivity index (χ4v) is 4.58. The summed E-state index contributed by atoms with van der Waals surface area (Å²) in [5.74, 6) is 0.901. The van der Waals surface area contributed by atoms with Gasteiger partial charge < -0.3 is 14.8 Å². The van der Waals surface area contributed by atoms with Crippen LogP contribution in [0.1, 0.15) is 142 Å². The maximum absolute atomic E-state index is 12.2. The monoisotopic (exact) mass is 503 g/mol. The second kappa shape index (κ2) is 25.1. The van der Waals surface area contributed by atoms with Crippen LogP contribution in [-0.4, -0.2) is 25.7 Å². The third kappa shape index (κ3) is 20.6. The highest BCUT2D eigenvalue weighted by atomic mass is 16.5. The first kappa shape index (κ1) is 32.5. The van der Waals surface area contributed by atoms with Gasteiger partial charge in [0.25, 0.3) is 0 Å². The van der Waals surface area contributed by atoms with Crippen molar-refractivity contribution in [3.63, 3.8) is 0 Å². The number of carbonyl (C=O) groups is 1. The van der Waals surface area contributed by atoms with E-state index in [1.54, 1.807) is 0 Å². The Morgan fingerprint density at radius 2 is 1.06 bits per heavy atom. The summed E-state index contributed by atoms with van der Waals surface area (Å²) in [6, 6.07) is 7.56. The van der Waals surface area contributed by atoms with Crippen molar-refractivity contribution < 1.29 is 14.3 Å². The molecule has 4 nitrogen and oxygen atoms in total. The molecule has 0 aromatic heterocycles. The third-order valence-corrected chi connectivity index (χ3v) is 6.85. The van der Waals surface area contributed by atoms with Gasteiger partial charge in [-0.15, -0.1) is 0 Å². The maximum atomic E-state index is 12.2. The largest absolute Gasteiger partial charge is 0.491 e. The van der Waals surface area contributed by atoms with Gasteiger partial charge in [-0.05, 0) is 37.6 Å². The smallest absolute Gasteiger partial charge is 0.224 e. The van der Waals surface area contributed by atoms with E-state index in [2.05, 4.69) is 12.2 Å². The molecule has 1 aromatic rings. The molecule has 1 aromatic carbocycles. The zero-order valence-corrected chi connectivity index (χ0v) is 23.8. The Kier molecular flexibility index (Phi) is 22.7. The normalized spacial score (nSPS) is 11.1. The van der Waals surface area contributed by atoms with Crippen molar-refractivity contribution >= 4 is 11.6 Å². The summed E-state index contributed by atoms with van der Waals surface area (Å²) in [6.07, 6.45) is 26.6. The number of benzene rings is 1. The van der Waals surface area contributed by atoms with E-state index in [1.807, 2.05) is 31.2 Å². The summed E-state index contributed by atoms with van der Waals surface area (Å²) < 4.78 is 10.9. The molecule has 0 heterocycles. The van der Waals surface area contributed by atoms with Gasteiger partial charge in [0.15, 0.2) is 0 Å². The molecule has 36 heavy (non-hydrogen) atoms. The standard InChI is InChI=1S/C32H57NO3/c1-3-5-6-7-8-9-10-11-12-13-14-15-16-17-18-19-20-21-22-23-32(34)33-30-24-26-31(27-25-30)36-29-28-35-4-2/h24-27H,3-23,28-29H2,1-2H3,(H,33,34). The van der Waals surface area contributed by atoms with Gasteiger partial charge >= 0.3 is 0 Å². The summed E-state index contributed by atoms with van der Waals surface area (Å²) in [4.78, 5) is 12.2. The average Bonchev–Trinajstić information content (AvgIpc) is 2.89. The minimum absolute atomic E-state index is 0.104. The molecule has 1 N–H and O–H groups in total. The lowest BCUT2D eigenvalue weighted by molar-refractivity contribution is -0.116. The highest BCUT2D eigenvalue weighted by Crippen LogP contribution is 2.17. The molecule has 0 aliphatic carbocycles. The molecule has 0 saturated heterocycles. The fourth-order valence-electron chi connectivity index (χ4n) is 4.58. The quantitative estimate of drug-likeness (QED) is 0.128. The van der Waals surface area contributed by atoms with Gasteiger partial charge in [-0.1, -0.05) is 122 Å². The van der Waals surface area contributed by atoms with Crippen LogP contribution in [-0.2, 0) is 9.53 Å². The number of anilines is 1. The van der Waals surface area contributed by atoms with Gasteiger partial charge in [0.2, 0.25) is 5.91 Å². The van der Waals surface area contributed by atoms with Gasteiger partial charge in [0.05, 0.1) is 6.61 Å². The maximum Gasteiger partial charge on any atom is 0.224 e. The first-order chi connectivity index (χ1) is 17.8. The van der Waals surface area contributed by atoms with E-state index in [4.69, 9.17) is 9.47 Å². The number of amides is 1. The van der Waals surface area contributed by atoms with Crippen LogP contribution < -0.4 is 10.1 Å². The van der Waals surface area contributed by atoms with Gasteiger partial charge in [0, 0.05) is 18.7 Å². The molecule has 4 heteroatoms. The highest BCUT2D eigenvalue weighted by Gasteiger charge is 2.03. The first-order valence-corrected chi connectivity index (χ1v) is 15.4. The van der Waals surface area contributed by atoms with Gasteiger partial charge in [0.1, 0.15) is 12.4 Å². The number of hydrogen-bond donors (Lipinski definition) is 1. The van der Waals surface area contributed by atoms with Crippen LogP contribution in [0.4, 0.5) is 5.69 Å². The van der Waals surface area contributed by atoms with Gasteiger partial charge in [-0.3, -0.25) is 4.79 Å². The Labute approximate surface area is 223 Å². The molecule has 0 atom stereocenters. The van der Waals surface area contributed by atoms with Crippen molar-refractivity contribution in [2.45, 2.75) is 142 Å². The lowest BCUT2D eigenvalue weighted by atomic mass is 10.0. The van der Waals surface area contributed by atoms with Crippen LogP contribution in [0, 0.1) is 0 Å². The van der Waals surface area contributed by atoms with E-state index in [9.17, 15) is 4.79 Å². The number of rotatable bonds is 26. The zero-order chi connectivity index (χ0) is 25.9. The average molecular weight is 504 g/mol. The Morgan fingerprint density at radius 3 is 1.50 bits per heavy atom. The Morgan fingerprint density at radius 1 is 0.611 bits per heavy atom. The van der Waals surface area contributed by atoms with Crippen LogP contribution in [0.3, 0.4) is 0 Å². The highest BCUT2D eigenvalue weighted by molar-refractivity contribution is 5.90. The molecule has 0 unspecified atom stereocenters. The van der Waals surface area contributed by atoms with E-state index >= 15 is 0 Å². The molecule has 0 spiro atoms. The van der Waals surface area contributed by atoms with Crippen LogP contribution in [0.15, 0.2) is 24.3 Å². The lowest BCUT2D eigenvalue weighted by Crippen LogP contribution is -2.11. The molecule has 1 rings (SSSR count). The van der Waals surface area contributed by atoms with E-state index in [0.29, 0.717) is 26.2 Å². The van der Waals surface area contributed by atoms with Crippen molar-refractivity contribution in [1.29, 1.82) is 0 Å². The van der Waals surface area contributed by atoms with Crippen LogP contribution in [0.2, 0.25) is 0 Å². The van der Waals surface area contributed by atoms with Gasteiger partial charge in [-0.25, -0.2) is 0 Å². The molecule has 0 radical (unpaired) electrons. The third-order valence-electron chi connectivity index (χ3n) is 6.85. The number of nitrogens with one attached hydrogen (secondary N) is 1. The van der Waals surface area contributed by atoms with Crippen LogP contribution >= 0.6 is 0 Å². The molecule has 0 aliphatic heterocycles. The second-order valence-electron chi connectivity index (χ2n) is 10.2. The van der Waals surface area contributed by atoms with E-state index in [-0.39, 0.29) is 5.91 Å². The first-order valence-electron chi connectivity index (χ1n) is 15.4. The SMILES string of the molecule is CCCCCCCCCCCCCCCCCCCCCC(=O)Nc1ccc(OCCOCC)cc1. The summed E-state index contributed by atoms with van der Waals surface area (Å²) in [5, 5.41) is 2.99. The number of ether oxygens (including phenoxy) is 2. The van der Waals surface area contributed by atoms with E-state index in [0.717, 1.165) is 24.3 Å². The topological polar surface area (TPSA) is 47.6 Å². The zero-order valence-electron chi connectivity index (χ0n) is 23.8. The van der Waals surface area contributed by atoms with Gasteiger partial charge in [-0.2, -0.15) is 0 Å². The molecule has 0 saturated carbocycles. The minimum Gasteiger partial charge on any atom is -0.491 e. The van der Waals surface area contributed by atoms with Crippen molar-refractivity contribution in [2.75, 3.05) is 25.1 Å².